The van der Waals surface area contributed by atoms with Gasteiger partial charge in [0.25, 0.3) is 0 Å². The van der Waals surface area contributed by atoms with Gasteiger partial charge in [-0.2, -0.15) is 0 Å². The molecule has 19 heavy (non-hydrogen) atoms. The van der Waals surface area contributed by atoms with Gasteiger partial charge in [0.1, 0.15) is 0 Å². The first-order valence-corrected chi connectivity index (χ1v) is 7.73. The number of benzene rings is 1. The van der Waals surface area contributed by atoms with Crippen LogP contribution in [-0.4, -0.2) is 18.6 Å². The van der Waals surface area contributed by atoms with Crippen LogP contribution in [0.2, 0.25) is 0 Å². The summed E-state index contributed by atoms with van der Waals surface area (Å²) >= 11 is 0. The van der Waals surface area contributed by atoms with E-state index in [0.717, 1.165) is 12.5 Å². The van der Waals surface area contributed by atoms with Crippen LogP contribution in [0.4, 0.5) is 5.69 Å². The van der Waals surface area contributed by atoms with Crippen molar-refractivity contribution >= 4 is 5.69 Å². The molecule has 1 heterocycles. The average Bonchev–Trinajstić information content (AvgIpc) is 2.80. The van der Waals surface area contributed by atoms with Crippen molar-refractivity contribution in [1.29, 1.82) is 0 Å². The molecular weight excluding hydrogens is 232 g/mol. The predicted molar refractivity (Wildman–Crippen MR) is 81.5 cm³/mol. The fourth-order valence-electron chi connectivity index (χ4n) is 4.26. The lowest BCUT2D eigenvalue weighted by atomic mass is 9.82. The van der Waals surface area contributed by atoms with Crippen molar-refractivity contribution < 1.29 is 0 Å². The Morgan fingerprint density at radius 3 is 2.79 bits per heavy atom. The summed E-state index contributed by atoms with van der Waals surface area (Å²) in [5.41, 5.74) is 9.40. The molecule has 1 aliphatic carbocycles. The maximum atomic E-state index is 6.25. The number of anilines is 1. The van der Waals surface area contributed by atoms with E-state index in [4.69, 9.17) is 5.73 Å². The molecule has 2 N–H and O–H groups in total. The fraction of sp³-hybridized carbons (Fsp3) is 0.647. The minimum absolute atomic E-state index is 0.199. The van der Waals surface area contributed by atoms with Crippen molar-refractivity contribution in [2.45, 2.75) is 45.1 Å². The fourth-order valence-corrected chi connectivity index (χ4v) is 4.26. The molecule has 0 spiro atoms. The Morgan fingerprint density at radius 1 is 1.32 bits per heavy atom. The van der Waals surface area contributed by atoms with Gasteiger partial charge in [0, 0.05) is 18.8 Å². The molecule has 0 amide bonds. The standard InChI is InChI=1S/C17H26N2/c1-13-10-15-7-3-4-8-16(15)19(11-13)17(12-18)9-5-6-14(17)2/h3-4,7-8,13-14H,5-6,9-12,18H2,1-2H3. The SMILES string of the molecule is CC1Cc2ccccc2N(C2(CN)CCCC2C)C1. The number of fused-ring (bicyclic) bond motifs is 1. The summed E-state index contributed by atoms with van der Waals surface area (Å²) in [6, 6.07) is 8.93. The smallest absolute Gasteiger partial charge is 0.0549 e. The van der Waals surface area contributed by atoms with E-state index in [9.17, 15) is 0 Å². The van der Waals surface area contributed by atoms with Gasteiger partial charge in [0.05, 0.1) is 5.54 Å². The van der Waals surface area contributed by atoms with E-state index < -0.39 is 0 Å². The Hall–Kier alpha value is -1.02. The van der Waals surface area contributed by atoms with Crippen LogP contribution in [0.3, 0.4) is 0 Å². The molecule has 2 nitrogen and oxygen atoms in total. The van der Waals surface area contributed by atoms with Gasteiger partial charge in [0.15, 0.2) is 0 Å². The number of nitrogens with zero attached hydrogens (tertiary/aromatic N) is 1. The average molecular weight is 258 g/mol. The Kier molecular flexibility index (Phi) is 3.30. The first-order valence-electron chi connectivity index (χ1n) is 7.73. The highest BCUT2D eigenvalue weighted by Gasteiger charge is 2.45. The molecule has 0 bridgehead atoms. The van der Waals surface area contributed by atoms with Crippen LogP contribution in [0, 0.1) is 11.8 Å². The maximum Gasteiger partial charge on any atom is 0.0549 e. The van der Waals surface area contributed by atoms with Gasteiger partial charge in [-0.25, -0.2) is 0 Å². The summed E-state index contributed by atoms with van der Waals surface area (Å²) in [5, 5.41) is 0. The van der Waals surface area contributed by atoms with Crippen molar-refractivity contribution in [3.63, 3.8) is 0 Å². The van der Waals surface area contributed by atoms with Crippen LogP contribution in [0.1, 0.15) is 38.7 Å². The highest BCUT2D eigenvalue weighted by molar-refractivity contribution is 5.58. The molecule has 1 saturated carbocycles. The Bertz CT molecular complexity index is 456. The summed E-state index contributed by atoms with van der Waals surface area (Å²) < 4.78 is 0. The number of para-hydroxylation sites is 1. The van der Waals surface area contributed by atoms with E-state index in [1.54, 1.807) is 0 Å². The van der Waals surface area contributed by atoms with E-state index in [-0.39, 0.29) is 5.54 Å². The van der Waals surface area contributed by atoms with Crippen molar-refractivity contribution in [3.8, 4) is 0 Å². The van der Waals surface area contributed by atoms with Gasteiger partial charge in [-0.15, -0.1) is 0 Å². The molecule has 3 unspecified atom stereocenters. The van der Waals surface area contributed by atoms with E-state index in [0.29, 0.717) is 5.92 Å². The zero-order valence-corrected chi connectivity index (χ0v) is 12.2. The molecule has 104 valence electrons. The molecule has 2 heteroatoms. The second-order valence-electron chi connectivity index (χ2n) is 6.65. The van der Waals surface area contributed by atoms with Gasteiger partial charge in [-0.1, -0.05) is 38.5 Å². The molecule has 1 aromatic rings. The second-order valence-corrected chi connectivity index (χ2v) is 6.65. The molecule has 0 aromatic heterocycles. The Balaban J connectivity index is 2.04. The third-order valence-corrected chi connectivity index (χ3v) is 5.40. The van der Waals surface area contributed by atoms with Crippen molar-refractivity contribution in [2.24, 2.45) is 17.6 Å². The number of rotatable bonds is 2. The predicted octanol–water partition coefficient (Wildman–Crippen LogP) is 3.20. The molecule has 1 fully saturated rings. The maximum absolute atomic E-state index is 6.25. The van der Waals surface area contributed by atoms with Gasteiger partial charge in [0.2, 0.25) is 0 Å². The van der Waals surface area contributed by atoms with Crippen molar-refractivity contribution in [3.05, 3.63) is 29.8 Å². The topological polar surface area (TPSA) is 29.3 Å². The molecule has 3 rings (SSSR count). The third kappa shape index (κ3) is 1.97. The minimum atomic E-state index is 0.199. The third-order valence-electron chi connectivity index (χ3n) is 5.40. The first-order chi connectivity index (χ1) is 9.17. The molecule has 1 aromatic carbocycles. The molecule has 2 aliphatic rings. The molecule has 0 radical (unpaired) electrons. The summed E-state index contributed by atoms with van der Waals surface area (Å²) in [7, 11) is 0. The lowest BCUT2D eigenvalue weighted by Crippen LogP contribution is -2.58. The summed E-state index contributed by atoms with van der Waals surface area (Å²) in [6.07, 6.45) is 5.11. The summed E-state index contributed by atoms with van der Waals surface area (Å²) in [5.74, 6) is 1.43. The van der Waals surface area contributed by atoms with Crippen molar-refractivity contribution in [1.82, 2.24) is 0 Å². The van der Waals surface area contributed by atoms with Gasteiger partial charge >= 0.3 is 0 Å². The normalized spacial score (nSPS) is 34.4. The first kappa shape index (κ1) is 13.0. The van der Waals surface area contributed by atoms with E-state index in [1.165, 1.54) is 43.5 Å². The molecule has 3 atom stereocenters. The number of hydrogen-bond donors (Lipinski definition) is 1. The quantitative estimate of drug-likeness (QED) is 0.882. The van der Waals surface area contributed by atoms with Gasteiger partial charge in [-0.05, 0) is 42.7 Å². The zero-order chi connectivity index (χ0) is 13.5. The minimum Gasteiger partial charge on any atom is -0.364 e. The number of nitrogens with two attached hydrogens (primary N) is 1. The van der Waals surface area contributed by atoms with Gasteiger partial charge < -0.3 is 10.6 Å². The lowest BCUT2D eigenvalue weighted by Gasteiger charge is -2.49. The monoisotopic (exact) mass is 258 g/mol. The molecule has 0 saturated heterocycles. The van der Waals surface area contributed by atoms with E-state index >= 15 is 0 Å². The van der Waals surface area contributed by atoms with Crippen LogP contribution in [-0.2, 0) is 6.42 Å². The van der Waals surface area contributed by atoms with Crippen LogP contribution >= 0.6 is 0 Å². The largest absolute Gasteiger partial charge is 0.364 e. The van der Waals surface area contributed by atoms with E-state index in [1.807, 2.05) is 0 Å². The zero-order valence-electron chi connectivity index (χ0n) is 12.2. The lowest BCUT2D eigenvalue weighted by molar-refractivity contribution is 0.296. The number of hydrogen-bond acceptors (Lipinski definition) is 2. The van der Waals surface area contributed by atoms with E-state index in [2.05, 4.69) is 43.0 Å². The molecule has 1 aliphatic heterocycles. The van der Waals surface area contributed by atoms with Gasteiger partial charge in [-0.3, -0.25) is 0 Å². The van der Waals surface area contributed by atoms with Crippen molar-refractivity contribution in [2.75, 3.05) is 18.0 Å². The Morgan fingerprint density at radius 2 is 2.11 bits per heavy atom. The second kappa shape index (κ2) is 4.82. The van der Waals surface area contributed by atoms with Crippen LogP contribution in [0.25, 0.3) is 0 Å². The van der Waals surface area contributed by atoms with Crippen LogP contribution < -0.4 is 10.6 Å². The highest BCUT2D eigenvalue weighted by Crippen LogP contribution is 2.45. The summed E-state index contributed by atoms with van der Waals surface area (Å²) in [6.45, 7) is 6.71. The van der Waals surface area contributed by atoms with Crippen LogP contribution in [0.5, 0.6) is 0 Å². The summed E-state index contributed by atoms with van der Waals surface area (Å²) in [4.78, 5) is 2.66. The Labute approximate surface area is 117 Å². The molecular formula is C17H26N2. The highest BCUT2D eigenvalue weighted by atomic mass is 15.2. The van der Waals surface area contributed by atoms with Crippen LogP contribution in [0.15, 0.2) is 24.3 Å².